The van der Waals surface area contributed by atoms with Crippen LogP contribution in [0.3, 0.4) is 0 Å². The second kappa shape index (κ2) is 5.94. The van der Waals surface area contributed by atoms with Gasteiger partial charge in [-0.3, -0.25) is 4.79 Å². The monoisotopic (exact) mass is 376 g/mol. The normalized spacial score (nSPS) is 19.7. The number of rotatable bonds is 3. The second-order valence-electron chi connectivity index (χ2n) is 4.92. The van der Waals surface area contributed by atoms with Gasteiger partial charge < -0.3 is 10.5 Å². The molecule has 1 aromatic rings. The predicted molar refractivity (Wildman–Crippen MR) is 82.2 cm³/mol. The SMILES string of the molecule is COC(=O)C1CCCN1S(=O)(=O)c1cc(Br)cc(N)c1C. The molecule has 1 saturated heterocycles. The Bertz CT molecular complexity index is 675. The summed E-state index contributed by atoms with van der Waals surface area (Å²) in [5.41, 5.74) is 6.70. The fraction of sp³-hybridized carbons (Fsp3) is 0.462. The maximum absolute atomic E-state index is 12.8. The molecule has 8 heteroatoms. The molecule has 2 rings (SSSR count). The van der Waals surface area contributed by atoms with Crippen LogP contribution in [-0.4, -0.2) is 38.4 Å². The smallest absolute Gasteiger partial charge is 0.324 e. The van der Waals surface area contributed by atoms with Gasteiger partial charge >= 0.3 is 5.97 Å². The molecule has 6 nitrogen and oxygen atoms in total. The molecule has 0 amide bonds. The molecule has 1 unspecified atom stereocenters. The molecule has 1 aromatic carbocycles. The highest BCUT2D eigenvalue weighted by Gasteiger charge is 2.40. The number of carbonyl (C=O) groups excluding carboxylic acids is 1. The number of nitrogens with zero attached hydrogens (tertiary/aromatic N) is 1. The Hall–Kier alpha value is -1.12. The van der Waals surface area contributed by atoms with Gasteiger partial charge in [0, 0.05) is 16.7 Å². The Balaban J connectivity index is 2.50. The first-order valence-electron chi connectivity index (χ1n) is 6.44. The van der Waals surface area contributed by atoms with Crippen molar-refractivity contribution in [3.8, 4) is 0 Å². The van der Waals surface area contributed by atoms with Gasteiger partial charge in [-0.05, 0) is 37.5 Å². The van der Waals surface area contributed by atoms with Crippen LogP contribution >= 0.6 is 15.9 Å². The van der Waals surface area contributed by atoms with Gasteiger partial charge in [0.2, 0.25) is 10.0 Å². The molecule has 0 aliphatic carbocycles. The molecule has 1 aliphatic rings. The first-order valence-corrected chi connectivity index (χ1v) is 8.67. The van der Waals surface area contributed by atoms with Crippen molar-refractivity contribution in [2.24, 2.45) is 0 Å². The van der Waals surface area contributed by atoms with E-state index < -0.39 is 22.0 Å². The zero-order valence-electron chi connectivity index (χ0n) is 11.8. The Kier molecular flexibility index (Phi) is 4.60. The number of halogens is 1. The quantitative estimate of drug-likeness (QED) is 0.639. The molecule has 2 N–H and O–H groups in total. The first-order chi connectivity index (χ1) is 9.78. The Morgan fingerprint density at radius 3 is 2.76 bits per heavy atom. The average Bonchev–Trinajstić information content (AvgIpc) is 2.91. The molecule has 116 valence electrons. The summed E-state index contributed by atoms with van der Waals surface area (Å²) in [6, 6.07) is 2.39. The van der Waals surface area contributed by atoms with Crippen molar-refractivity contribution >= 4 is 37.6 Å². The minimum atomic E-state index is -3.80. The summed E-state index contributed by atoms with van der Waals surface area (Å²) >= 11 is 3.25. The van der Waals surface area contributed by atoms with Gasteiger partial charge in [0.05, 0.1) is 12.0 Å². The maximum atomic E-state index is 12.8. The number of sulfonamides is 1. The Labute approximate surface area is 132 Å². The van der Waals surface area contributed by atoms with Crippen molar-refractivity contribution in [2.75, 3.05) is 19.4 Å². The number of ether oxygens (including phenoxy) is 1. The molecule has 1 heterocycles. The van der Waals surface area contributed by atoms with Crippen molar-refractivity contribution in [2.45, 2.75) is 30.7 Å². The number of nitrogens with two attached hydrogens (primary N) is 1. The van der Waals surface area contributed by atoms with Crippen molar-refractivity contribution in [3.05, 3.63) is 22.2 Å². The van der Waals surface area contributed by atoms with Crippen LogP contribution in [0.25, 0.3) is 0 Å². The van der Waals surface area contributed by atoms with E-state index in [-0.39, 0.29) is 4.90 Å². The van der Waals surface area contributed by atoms with Gasteiger partial charge in [0.15, 0.2) is 0 Å². The molecule has 0 radical (unpaired) electrons. The van der Waals surface area contributed by atoms with Gasteiger partial charge in [-0.2, -0.15) is 4.31 Å². The maximum Gasteiger partial charge on any atom is 0.324 e. The summed E-state index contributed by atoms with van der Waals surface area (Å²) in [5, 5.41) is 0. The lowest BCUT2D eigenvalue weighted by molar-refractivity contribution is -0.144. The highest BCUT2D eigenvalue weighted by molar-refractivity contribution is 9.10. The number of hydrogen-bond donors (Lipinski definition) is 1. The molecular weight excluding hydrogens is 360 g/mol. The molecule has 21 heavy (non-hydrogen) atoms. The summed E-state index contributed by atoms with van der Waals surface area (Å²) in [5.74, 6) is -0.531. The summed E-state index contributed by atoms with van der Waals surface area (Å²) in [7, 11) is -2.54. The molecule has 0 saturated carbocycles. The minimum Gasteiger partial charge on any atom is -0.468 e. The summed E-state index contributed by atoms with van der Waals surface area (Å²) in [6.07, 6.45) is 1.09. The fourth-order valence-corrected chi connectivity index (χ4v) is 5.02. The van der Waals surface area contributed by atoms with E-state index in [1.54, 1.807) is 13.0 Å². The highest BCUT2D eigenvalue weighted by atomic mass is 79.9. The zero-order chi connectivity index (χ0) is 15.8. The van der Waals surface area contributed by atoms with E-state index in [0.717, 1.165) is 0 Å². The van der Waals surface area contributed by atoms with Crippen molar-refractivity contribution in [1.82, 2.24) is 4.31 Å². The highest BCUT2D eigenvalue weighted by Crippen LogP contribution is 2.32. The van der Waals surface area contributed by atoms with Gasteiger partial charge in [-0.15, -0.1) is 0 Å². The van der Waals surface area contributed by atoms with Crippen LogP contribution in [-0.2, 0) is 19.6 Å². The van der Waals surface area contributed by atoms with E-state index >= 15 is 0 Å². The van der Waals surface area contributed by atoms with Crippen molar-refractivity contribution in [3.63, 3.8) is 0 Å². The molecular formula is C13H17BrN2O4S. The zero-order valence-corrected chi connectivity index (χ0v) is 14.2. The molecule has 1 atom stereocenters. The second-order valence-corrected chi connectivity index (χ2v) is 7.69. The summed E-state index contributed by atoms with van der Waals surface area (Å²) < 4.78 is 32.1. The number of carbonyl (C=O) groups is 1. The Morgan fingerprint density at radius 1 is 1.48 bits per heavy atom. The largest absolute Gasteiger partial charge is 0.468 e. The predicted octanol–water partition coefficient (Wildman–Crippen LogP) is 1.67. The van der Waals surface area contributed by atoms with E-state index in [1.807, 2.05) is 0 Å². The van der Waals surface area contributed by atoms with Crippen LogP contribution in [0.1, 0.15) is 18.4 Å². The van der Waals surface area contributed by atoms with E-state index in [2.05, 4.69) is 15.9 Å². The van der Waals surface area contributed by atoms with Crippen LogP contribution in [0.2, 0.25) is 0 Å². The first kappa shape index (κ1) is 16.3. The van der Waals surface area contributed by atoms with Gasteiger partial charge in [-0.25, -0.2) is 8.42 Å². The number of esters is 1. The standard InChI is InChI=1S/C13H17BrN2O4S/c1-8-10(15)6-9(14)7-12(8)21(18,19)16-5-3-4-11(16)13(17)20-2/h6-7,11H,3-5,15H2,1-2H3. The lowest BCUT2D eigenvalue weighted by atomic mass is 10.2. The lowest BCUT2D eigenvalue weighted by Crippen LogP contribution is -2.41. The topological polar surface area (TPSA) is 89.7 Å². The molecule has 0 spiro atoms. The van der Waals surface area contributed by atoms with E-state index in [1.165, 1.54) is 17.5 Å². The third-order valence-corrected chi connectivity index (χ3v) is 6.12. The number of benzene rings is 1. The van der Waals surface area contributed by atoms with Gasteiger partial charge in [-0.1, -0.05) is 15.9 Å². The molecule has 1 aliphatic heterocycles. The van der Waals surface area contributed by atoms with Crippen molar-refractivity contribution < 1.29 is 17.9 Å². The molecule has 0 aromatic heterocycles. The van der Waals surface area contributed by atoms with E-state index in [9.17, 15) is 13.2 Å². The van der Waals surface area contributed by atoms with Crippen LogP contribution in [0, 0.1) is 6.92 Å². The van der Waals surface area contributed by atoms with Gasteiger partial charge in [0.25, 0.3) is 0 Å². The van der Waals surface area contributed by atoms with E-state index in [4.69, 9.17) is 10.5 Å². The van der Waals surface area contributed by atoms with Crippen LogP contribution in [0.4, 0.5) is 5.69 Å². The number of methoxy groups -OCH3 is 1. The summed E-state index contributed by atoms with van der Waals surface area (Å²) in [6.45, 7) is 1.95. The number of hydrogen-bond acceptors (Lipinski definition) is 5. The summed E-state index contributed by atoms with van der Waals surface area (Å²) in [4.78, 5) is 11.9. The van der Waals surface area contributed by atoms with E-state index in [0.29, 0.717) is 35.1 Å². The average molecular weight is 377 g/mol. The fourth-order valence-electron chi connectivity index (χ4n) is 2.47. The third kappa shape index (κ3) is 2.93. The Morgan fingerprint density at radius 2 is 2.14 bits per heavy atom. The third-order valence-electron chi connectivity index (χ3n) is 3.63. The number of nitrogen functional groups attached to an aromatic ring is 1. The van der Waals surface area contributed by atoms with Crippen molar-refractivity contribution in [1.29, 1.82) is 0 Å². The molecule has 1 fully saturated rings. The molecule has 0 bridgehead atoms. The number of anilines is 1. The lowest BCUT2D eigenvalue weighted by Gasteiger charge is -2.23. The van der Waals surface area contributed by atoms with Crippen LogP contribution in [0.5, 0.6) is 0 Å². The minimum absolute atomic E-state index is 0.116. The van der Waals surface area contributed by atoms with Crippen LogP contribution < -0.4 is 5.73 Å². The van der Waals surface area contributed by atoms with Crippen LogP contribution in [0.15, 0.2) is 21.5 Å². The van der Waals surface area contributed by atoms with Gasteiger partial charge in [0.1, 0.15) is 6.04 Å².